The van der Waals surface area contributed by atoms with Gasteiger partial charge in [-0.1, -0.05) is 42.5 Å². The van der Waals surface area contributed by atoms with Crippen molar-refractivity contribution in [1.82, 2.24) is 9.55 Å². The molecule has 4 rings (SSSR count). The topological polar surface area (TPSA) is 85.6 Å². The molecule has 0 aliphatic rings. The molecule has 0 saturated carbocycles. The number of pyridine rings is 1. The maximum Gasteiger partial charge on any atom is 0.143 e. The number of benzene rings is 2. The van der Waals surface area contributed by atoms with Gasteiger partial charge in [0.25, 0.3) is 0 Å². The fourth-order valence-electron chi connectivity index (χ4n) is 3.68. The Morgan fingerprint density at radius 2 is 1.57 bits per heavy atom. The minimum absolute atomic E-state index is 0.138. The summed E-state index contributed by atoms with van der Waals surface area (Å²) < 4.78 is 1.98. The molecular formula is C25H20N4O. The molecule has 5 nitrogen and oxygen atoms in total. The van der Waals surface area contributed by atoms with Crippen LogP contribution in [-0.4, -0.2) is 14.7 Å². The standard InChI is InChI=1S/C25H20N4O/c1-25(2,3)29-15-18(13-26)22-21(16-9-11-19(30)12-10-16)20(14-27)23(28-24(22)29)17-7-5-4-6-8-17/h4-12,15,30H,1-3H3. The summed E-state index contributed by atoms with van der Waals surface area (Å²) in [5.41, 5.74) is 4.01. The minimum Gasteiger partial charge on any atom is -0.508 e. The number of nitrogens with zero attached hydrogens (tertiary/aromatic N) is 4. The van der Waals surface area contributed by atoms with Crippen LogP contribution in [-0.2, 0) is 5.54 Å². The Balaban J connectivity index is 2.24. The zero-order valence-electron chi connectivity index (χ0n) is 17.0. The van der Waals surface area contributed by atoms with Gasteiger partial charge in [0.05, 0.1) is 16.8 Å². The van der Waals surface area contributed by atoms with Crippen LogP contribution in [0.2, 0.25) is 0 Å². The molecule has 0 unspecified atom stereocenters. The van der Waals surface area contributed by atoms with E-state index in [4.69, 9.17) is 4.98 Å². The average Bonchev–Trinajstić information content (AvgIpc) is 3.12. The van der Waals surface area contributed by atoms with Crippen molar-refractivity contribution in [1.29, 1.82) is 10.5 Å². The highest BCUT2D eigenvalue weighted by Crippen LogP contribution is 2.40. The van der Waals surface area contributed by atoms with Gasteiger partial charge >= 0.3 is 0 Å². The summed E-state index contributed by atoms with van der Waals surface area (Å²) in [5.74, 6) is 0.138. The van der Waals surface area contributed by atoms with Gasteiger partial charge in [0.15, 0.2) is 0 Å². The number of phenolic OH excluding ortho intramolecular Hbond substituents is 1. The van der Waals surface area contributed by atoms with Gasteiger partial charge in [-0.3, -0.25) is 0 Å². The first-order valence-corrected chi connectivity index (χ1v) is 9.59. The van der Waals surface area contributed by atoms with Crippen LogP contribution in [0.5, 0.6) is 5.75 Å². The van der Waals surface area contributed by atoms with Crippen LogP contribution < -0.4 is 0 Å². The molecule has 0 atom stereocenters. The smallest absolute Gasteiger partial charge is 0.143 e. The number of hydrogen-bond donors (Lipinski definition) is 1. The van der Waals surface area contributed by atoms with Crippen LogP contribution in [0.3, 0.4) is 0 Å². The van der Waals surface area contributed by atoms with Crippen molar-refractivity contribution in [3.8, 4) is 40.3 Å². The lowest BCUT2D eigenvalue weighted by atomic mass is 9.93. The van der Waals surface area contributed by atoms with E-state index in [1.165, 1.54) is 0 Å². The zero-order chi connectivity index (χ0) is 21.5. The van der Waals surface area contributed by atoms with Gasteiger partial charge in [0.2, 0.25) is 0 Å². The summed E-state index contributed by atoms with van der Waals surface area (Å²) >= 11 is 0. The van der Waals surface area contributed by atoms with Crippen LogP contribution in [0, 0.1) is 22.7 Å². The first-order chi connectivity index (χ1) is 14.3. The Morgan fingerprint density at radius 3 is 2.13 bits per heavy atom. The lowest BCUT2D eigenvalue weighted by Crippen LogP contribution is -2.21. The van der Waals surface area contributed by atoms with E-state index in [2.05, 4.69) is 32.9 Å². The minimum atomic E-state index is -0.311. The van der Waals surface area contributed by atoms with Crippen molar-refractivity contribution < 1.29 is 5.11 Å². The Bertz CT molecular complexity index is 1330. The van der Waals surface area contributed by atoms with E-state index < -0.39 is 0 Å². The van der Waals surface area contributed by atoms with E-state index in [-0.39, 0.29) is 11.3 Å². The van der Waals surface area contributed by atoms with Crippen LogP contribution in [0.25, 0.3) is 33.4 Å². The van der Waals surface area contributed by atoms with E-state index in [1.54, 1.807) is 30.5 Å². The van der Waals surface area contributed by atoms with E-state index in [0.29, 0.717) is 33.4 Å². The van der Waals surface area contributed by atoms with Gasteiger partial charge in [0, 0.05) is 28.2 Å². The maximum atomic E-state index is 10.1. The molecule has 5 heteroatoms. The molecule has 0 spiro atoms. The predicted octanol–water partition coefficient (Wildman–Crippen LogP) is 5.57. The van der Waals surface area contributed by atoms with E-state index in [0.717, 1.165) is 11.1 Å². The van der Waals surface area contributed by atoms with Crippen LogP contribution in [0.15, 0.2) is 60.8 Å². The molecule has 0 aliphatic carbocycles. The quantitative estimate of drug-likeness (QED) is 0.483. The Hall–Kier alpha value is -4.09. The van der Waals surface area contributed by atoms with Crippen molar-refractivity contribution in [3.05, 3.63) is 71.9 Å². The SMILES string of the molecule is CC(C)(C)n1cc(C#N)c2c(-c3ccc(O)cc3)c(C#N)c(-c3ccccc3)nc21. The largest absolute Gasteiger partial charge is 0.508 e. The Kier molecular flexibility index (Phi) is 4.53. The van der Waals surface area contributed by atoms with Crippen LogP contribution in [0.1, 0.15) is 31.9 Å². The molecule has 4 aromatic rings. The highest BCUT2D eigenvalue weighted by molar-refractivity contribution is 6.03. The first-order valence-electron chi connectivity index (χ1n) is 9.59. The number of aromatic nitrogens is 2. The molecule has 2 heterocycles. The second-order valence-electron chi connectivity index (χ2n) is 8.13. The average molecular weight is 392 g/mol. The third kappa shape index (κ3) is 3.07. The fourth-order valence-corrected chi connectivity index (χ4v) is 3.68. The maximum absolute atomic E-state index is 10.1. The number of aromatic hydroxyl groups is 1. The van der Waals surface area contributed by atoms with Gasteiger partial charge in [-0.2, -0.15) is 10.5 Å². The number of rotatable bonds is 2. The predicted molar refractivity (Wildman–Crippen MR) is 117 cm³/mol. The van der Waals surface area contributed by atoms with E-state index in [1.807, 2.05) is 34.9 Å². The fraction of sp³-hybridized carbons (Fsp3) is 0.160. The van der Waals surface area contributed by atoms with E-state index in [9.17, 15) is 15.6 Å². The van der Waals surface area contributed by atoms with Gasteiger partial charge in [-0.15, -0.1) is 0 Å². The lowest BCUT2D eigenvalue weighted by molar-refractivity contribution is 0.408. The third-order valence-corrected chi connectivity index (χ3v) is 5.09. The van der Waals surface area contributed by atoms with E-state index >= 15 is 0 Å². The second-order valence-corrected chi connectivity index (χ2v) is 8.13. The molecule has 30 heavy (non-hydrogen) atoms. The van der Waals surface area contributed by atoms with Gasteiger partial charge in [-0.05, 0) is 38.5 Å². The third-order valence-electron chi connectivity index (χ3n) is 5.09. The summed E-state index contributed by atoms with van der Waals surface area (Å²) in [5, 5.41) is 30.4. The number of phenols is 1. The van der Waals surface area contributed by atoms with Crippen LogP contribution >= 0.6 is 0 Å². The van der Waals surface area contributed by atoms with Crippen molar-refractivity contribution in [2.45, 2.75) is 26.3 Å². The molecule has 0 fully saturated rings. The molecule has 0 saturated heterocycles. The molecule has 2 aromatic carbocycles. The molecule has 0 bridgehead atoms. The molecule has 1 N–H and O–H groups in total. The summed E-state index contributed by atoms with van der Waals surface area (Å²) in [6.07, 6.45) is 1.80. The summed E-state index contributed by atoms with van der Waals surface area (Å²) in [4.78, 5) is 4.89. The molecule has 2 aromatic heterocycles. The summed E-state index contributed by atoms with van der Waals surface area (Å²) in [7, 11) is 0. The first kappa shape index (κ1) is 19.2. The van der Waals surface area contributed by atoms with Crippen molar-refractivity contribution >= 4 is 11.0 Å². The van der Waals surface area contributed by atoms with Gasteiger partial charge in [-0.25, -0.2) is 4.98 Å². The normalized spacial score (nSPS) is 11.2. The zero-order valence-corrected chi connectivity index (χ0v) is 17.0. The van der Waals surface area contributed by atoms with Crippen molar-refractivity contribution in [2.24, 2.45) is 0 Å². The van der Waals surface area contributed by atoms with Crippen molar-refractivity contribution in [2.75, 3.05) is 0 Å². The second kappa shape index (κ2) is 7.06. The Labute approximate surface area is 175 Å². The Morgan fingerprint density at radius 1 is 0.900 bits per heavy atom. The summed E-state index contributed by atoms with van der Waals surface area (Å²) in [6.45, 7) is 6.15. The van der Waals surface area contributed by atoms with Gasteiger partial charge in [0.1, 0.15) is 23.5 Å². The number of nitriles is 2. The number of hydrogen-bond acceptors (Lipinski definition) is 4. The lowest BCUT2D eigenvalue weighted by Gasteiger charge is -2.22. The van der Waals surface area contributed by atoms with Crippen LogP contribution in [0.4, 0.5) is 0 Å². The molecular weight excluding hydrogens is 372 g/mol. The number of fused-ring (bicyclic) bond motifs is 1. The molecule has 146 valence electrons. The molecule has 0 aliphatic heterocycles. The highest BCUT2D eigenvalue weighted by atomic mass is 16.3. The van der Waals surface area contributed by atoms with Gasteiger partial charge < -0.3 is 9.67 Å². The molecule has 0 amide bonds. The summed E-state index contributed by atoms with van der Waals surface area (Å²) in [6, 6.07) is 20.9. The monoisotopic (exact) mass is 392 g/mol. The van der Waals surface area contributed by atoms with Crippen molar-refractivity contribution in [3.63, 3.8) is 0 Å². The molecule has 0 radical (unpaired) electrons. The highest BCUT2D eigenvalue weighted by Gasteiger charge is 2.26.